The summed E-state index contributed by atoms with van der Waals surface area (Å²) in [5.74, 6) is 0.0620. The van der Waals surface area contributed by atoms with Crippen LogP contribution in [0.5, 0.6) is 11.5 Å². The van der Waals surface area contributed by atoms with Gasteiger partial charge in [0.05, 0.1) is 13.7 Å². The second kappa shape index (κ2) is 3.21. The molecular weight excluding hydrogens is 184 g/mol. The largest absolute Gasteiger partial charge is 0.497 e. The van der Waals surface area contributed by atoms with Crippen molar-refractivity contribution in [2.75, 3.05) is 13.7 Å². The lowest BCUT2D eigenvalue weighted by Crippen LogP contribution is -2.00. The topological polar surface area (TPSA) is 55.8 Å². The Bertz CT molecular complexity index is 384. The van der Waals surface area contributed by atoms with Gasteiger partial charge in [0.2, 0.25) is 0 Å². The summed E-state index contributed by atoms with van der Waals surface area (Å²) in [5.41, 5.74) is 1.08. The highest BCUT2D eigenvalue weighted by Crippen LogP contribution is 2.33. The van der Waals surface area contributed by atoms with Gasteiger partial charge in [-0.1, -0.05) is 0 Å². The maximum absolute atomic E-state index is 10.9. The Hall–Kier alpha value is -1.71. The van der Waals surface area contributed by atoms with E-state index in [0.29, 0.717) is 18.1 Å². The third kappa shape index (κ3) is 1.28. The smallest absolute Gasteiger partial charge is 0.339 e. The van der Waals surface area contributed by atoms with Crippen molar-refractivity contribution in [1.29, 1.82) is 0 Å². The van der Waals surface area contributed by atoms with E-state index in [0.717, 1.165) is 12.0 Å². The minimum absolute atomic E-state index is 0.178. The molecule has 0 saturated carbocycles. The third-order valence-corrected chi connectivity index (χ3v) is 2.22. The minimum Gasteiger partial charge on any atom is -0.497 e. The van der Waals surface area contributed by atoms with Gasteiger partial charge in [-0.15, -0.1) is 0 Å². The van der Waals surface area contributed by atoms with Crippen LogP contribution in [0.2, 0.25) is 0 Å². The molecule has 1 aliphatic heterocycles. The fourth-order valence-electron chi connectivity index (χ4n) is 1.56. The van der Waals surface area contributed by atoms with Gasteiger partial charge in [0, 0.05) is 12.0 Å². The normalized spacial score (nSPS) is 13.2. The van der Waals surface area contributed by atoms with Crippen molar-refractivity contribution in [1.82, 2.24) is 0 Å². The van der Waals surface area contributed by atoms with E-state index in [2.05, 4.69) is 0 Å². The molecule has 74 valence electrons. The van der Waals surface area contributed by atoms with E-state index in [1.165, 1.54) is 13.2 Å². The molecule has 0 unspecified atom stereocenters. The molecule has 1 aliphatic rings. The number of rotatable bonds is 2. The van der Waals surface area contributed by atoms with E-state index < -0.39 is 5.97 Å². The van der Waals surface area contributed by atoms with Gasteiger partial charge < -0.3 is 14.6 Å². The molecule has 0 amide bonds. The number of aromatic carboxylic acids is 1. The molecule has 0 bridgehead atoms. The highest BCUT2D eigenvalue weighted by molar-refractivity contribution is 5.92. The first-order chi connectivity index (χ1) is 6.72. The molecule has 0 spiro atoms. The number of hydrogen-bond acceptors (Lipinski definition) is 3. The van der Waals surface area contributed by atoms with E-state index in [-0.39, 0.29) is 5.56 Å². The second-order valence-electron chi connectivity index (χ2n) is 3.07. The van der Waals surface area contributed by atoms with Gasteiger partial charge in [-0.25, -0.2) is 4.79 Å². The number of hydrogen-bond donors (Lipinski definition) is 1. The van der Waals surface area contributed by atoms with Gasteiger partial charge in [-0.05, 0) is 12.1 Å². The van der Waals surface area contributed by atoms with E-state index in [4.69, 9.17) is 14.6 Å². The number of carboxylic acids is 1. The van der Waals surface area contributed by atoms with Crippen LogP contribution in [0.15, 0.2) is 12.1 Å². The van der Waals surface area contributed by atoms with Gasteiger partial charge in [0.25, 0.3) is 0 Å². The number of carbonyl (C=O) groups is 1. The maximum Gasteiger partial charge on any atom is 0.339 e. The predicted octanol–water partition coefficient (Wildman–Crippen LogP) is 1.33. The van der Waals surface area contributed by atoms with Crippen LogP contribution in [0.1, 0.15) is 15.9 Å². The molecule has 0 aliphatic carbocycles. The molecular formula is C10H10O4. The predicted molar refractivity (Wildman–Crippen MR) is 49.2 cm³/mol. The van der Waals surface area contributed by atoms with Crippen LogP contribution >= 0.6 is 0 Å². The average Bonchev–Trinajstić information content (AvgIpc) is 2.63. The van der Waals surface area contributed by atoms with Gasteiger partial charge in [-0.3, -0.25) is 0 Å². The summed E-state index contributed by atoms with van der Waals surface area (Å²) in [6.07, 6.45) is 0.743. The molecule has 0 fully saturated rings. The first-order valence-electron chi connectivity index (χ1n) is 4.29. The van der Waals surface area contributed by atoms with Crippen molar-refractivity contribution in [3.8, 4) is 11.5 Å². The SMILES string of the molecule is COc1cc2c(c(C(=O)O)c1)OCC2. The molecule has 2 rings (SSSR count). The van der Waals surface area contributed by atoms with Crippen molar-refractivity contribution in [2.24, 2.45) is 0 Å². The minimum atomic E-state index is -0.984. The lowest BCUT2D eigenvalue weighted by molar-refractivity contribution is 0.0693. The molecule has 1 aromatic rings. The molecule has 0 saturated heterocycles. The molecule has 1 aromatic carbocycles. The van der Waals surface area contributed by atoms with Gasteiger partial charge in [0.15, 0.2) is 0 Å². The monoisotopic (exact) mass is 194 g/mol. The zero-order valence-electron chi connectivity index (χ0n) is 7.74. The van der Waals surface area contributed by atoms with Crippen LogP contribution in [0.4, 0.5) is 0 Å². The molecule has 0 radical (unpaired) electrons. The Labute approximate surface area is 81.1 Å². The lowest BCUT2D eigenvalue weighted by Gasteiger charge is -2.06. The van der Waals surface area contributed by atoms with Crippen molar-refractivity contribution < 1.29 is 19.4 Å². The van der Waals surface area contributed by atoms with Crippen LogP contribution in [0, 0.1) is 0 Å². The van der Waals surface area contributed by atoms with Crippen molar-refractivity contribution in [3.63, 3.8) is 0 Å². The molecule has 0 aromatic heterocycles. The summed E-state index contributed by atoms with van der Waals surface area (Å²) in [4.78, 5) is 10.9. The Morgan fingerprint density at radius 1 is 1.57 bits per heavy atom. The highest BCUT2D eigenvalue weighted by Gasteiger charge is 2.21. The maximum atomic E-state index is 10.9. The van der Waals surface area contributed by atoms with Crippen molar-refractivity contribution in [2.45, 2.75) is 6.42 Å². The fourth-order valence-corrected chi connectivity index (χ4v) is 1.56. The molecule has 4 nitrogen and oxygen atoms in total. The van der Waals surface area contributed by atoms with Crippen LogP contribution in [-0.4, -0.2) is 24.8 Å². The molecule has 4 heteroatoms. The van der Waals surface area contributed by atoms with E-state index in [1.54, 1.807) is 0 Å². The summed E-state index contributed by atoms with van der Waals surface area (Å²) < 4.78 is 10.3. The summed E-state index contributed by atoms with van der Waals surface area (Å²) in [6.45, 7) is 0.544. The zero-order chi connectivity index (χ0) is 10.1. The van der Waals surface area contributed by atoms with Crippen LogP contribution < -0.4 is 9.47 Å². The van der Waals surface area contributed by atoms with E-state index in [9.17, 15) is 4.79 Å². The third-order valence-electron chi connectivity index (χ3n) is 2.22. The summed E-state index contributed by atoms with van der Waals surface area (Å²) in [7, 11) is 1.52. The average molecular weight is 194 g/mol. The Balaban J connectivity index is 2.57. The van der Waals surface area contributed by atoms with Crippen LogP contribution in [-0.2, 0) is 6.42 Å². The molecule has 0 atom stereocenters. The highest BCUT2D eigenvalue weighted by atomic mass is 16.5. The van der Waals surface area contributed by atoms with Crippen LogP contribution in [0.25, 0.3) is 0 Å². The molecule has 14 heavy (non-hydrogen) atoms. The number of carboxylic acid groups (broad SMARTS) is 1. The van der Waals surface area contributed by atoms with Crippen molar-refractivity contribution in [3.05, 3.63) is 23.3 Å². The number of ether oxygens (including phenoxy) is 2. The van der Waals surface area contributed by atoms with E-state index >= 15 is 0 Å². The first kappa shape index (κ1) is 8.87. The number of benzene rings is 1. The van der Waals surface area contributed by atoms with Crippen LogP contribution in [0.3, 0.4) is 0 Å². The van der Waals surface area contributed by atoms with Crippen molar-refractivity contribution >= 4 is 5.97 Å². The van der Waals surface area contributed by atoms with Gasteiger partial charge in [0.1, 0.15) is 17.1 Å². The Morgan fingerprint density at radius 3 is 3.00 bits per heavy atom. The summed E-state index contributed by atoms with van der Waals surface area (Å²) >= 11 is 0. The lowest BCUT2D eigenvalue weighted by atomic mass is 10.1. The molecule has 1 N–H and O–H groups in total. The van der Waals surface area contributed by atoms with Gasteiger partial charge in [-0.2, -0.15) is 0 Å². The number of methoxy groups -OCH3 is 1. The second-order valence-corrected chi connectivity index (χ2v) is 3.07. The quantitative estimate of drug-likeness (QED) is 0.771. The Morgan fingerprint density at radius 2 is 2.36 bits per heavy atom. The zero-order valence-corrected chi connectivity index (χ0v) is 7.74. The fraction of sp³-hybridized carbons (Fsp3) is 0.300. The molecule has 1 heterocycles. The van der Waals surface area contributed by atoms with E-state index in [1.807, 2.05) is 6.07 Å². The summed E-state index contributed by atoms with van der Waals surface area (Å²) in [6, 6.07) is 3.29. The summed E-state index contributed by atoms with van der Waals surface area (Å²) in [5, 5.41) is 8.93. The van der Waals surface area contributed by atoms with Gasteiger partial charge >= 0.3 is 5.97 Å². The standard InChI is InChI=1S/C10H10O4/c1-13-7-4-6-2-3-14-9(6)8(5-7)10(11)12/h4-5H,2-3H2,1H3,(H,11,12). The number of fused-ring (bicyclic) bond motifs is 1. The first-order valence-corrected chi connectivity index (χ1v) is 4.29. The Kier molecular flexibility index (Phi) is 2.04.